The molecule has 2 aromatic rings. The lowest BCUT2D eigenvalue weighted by atomic mass is 10.1. The molecule has 0 spiro atoms. The van der Waals surface area contributed by atoms with Crippen molar-refractivity contribution in [2.45, 2.75) is 6.04 Å². The molecule has 0 aliphatic heterocycles. The molecular weight excluding hydrogens is 394 g/mol. The largest absolute Gasteiger partial charge is 0.384 e. The van der Waals surface area contributed by atoms with Gasteiger partial charge in [-0.2, -0.15) is 0 Å². The van der Waals surface area contributed by atoms with Crippen LogP contribution in [0.15, 0.2) is 53.3 Å². The highest BCUT2D eigenvalue weighted by Crippen LogP contribution is 2.21. The van der Waals surface area contributed by atoms with Gasteiger partial charge in [0.15, 0.2) is 0 Å². The molecule has 1 heterocycles. The second-order valence-electron chi connectivity index (χ2n) is 5.16. The number of benzene rings is 1. The van der Waals surface area contributed by atoms with Gasteiger partial charge >= 0.3 is 0 Å². The highest BCUT2D eigenvalue weighted by Gasteiger charge is 2.16. The number of aromatic nitrogens is 1. The Hall–Kier alpha value is -1.48. The van der Waals surface area contributed by atoms with Gasteiger partial charge in [0.25, 0.3) is 0 Å². The van der Waals surface area contributed by atoms with Gasteiger partial charge in [-0.05, 0) is 27.6 Å². The number of rotatable bonds is 9. The van der Waals surface area contributed by atoms with Crippen molar-refractivity contribution in [2.24, 2.45) is 0 Å². The van der Waals surface area contributed by atoms with Gasteiger partial charge in [0, 0.05) is 24.3 Å². The molecule has 0 bridgehead atoms. The molecular formula is C16H20BrN3O3S. The molecule has 130 valence electrons. The van der Waals surface area contributed by atoms with E-state index in [2.05, 4.69) is 31.0 Å². The van der Waals surface area contributed by atoms with Gasteiger partial charge in [-0.3, -0.25) is 4.98 Å². The molecule has 24 heavy (non-hydrogen) atoms. The van der Waals surface area contributed by atoms with Crippen molar-refractivity contribution in [1.82, 2.24) is 9.71 Å². The van der Waals surface area contributed by atoms with E-state index in [1.54, 1.807) is 12.4 Å². The van der Waals surface area contributed by atoms with E-state index in [1.807, 2.05) is 36.4 Å². The second kappa shape index (κ2) is 9.12. The first kappa shape index (κ1) is 18.9. The number of hydrogen-bond acceptors (Lipinski definition) is 5. The summed E-state index contributed by atoms with van der Waals surface area (Å²) in [4.78, 5) is 4.12. The molecule has 0 aliphatic rings. The van der Waals surface area contributed by atoms with Gasteiger partial charge in [-0.15, -0.1) is 0 Å². The Balaban J connectivity index is 2.12. The van der Waals surface area contributed by atoms with Crippen LogP contribution in [-0.2, 0) is 14.8 Å². The lowest BCUT2D eigenvalue weighted by molar-refractivity contribution is 0.217. The fraction of sp³-hybridized carbons (Fsp3) is 0.312. The predicted octanol–water partition coefficient (Wildman–Crippen LogP) is 2.56. The summed E-state index contributed by atoms with van der Waals surface area (Å²) in [5.41, 5.74) is 1.78. The molecule has 1 atom stereocenters. The molecule has 8 heteroatoms. The lowest BCUT2D eigenvalue weighted by Crippen LogP contribution is -2.34. The van der Waals surface area contributed by atoms with Crippen LogP contribution < -0.4 is 10.0 Å². The Morgan fingerprint density at radius 3 is 2.67 bits per heavy atom. The third-order valence-electron chi connectivity index (χ3n) is 3.31. The van der Waals surface area contributed by atoms with E-state index in [1.165, 1.54) is 7.11 Å². The van der Waals surface area contributed by atoms with E-state index >= 15 is 0 Å². The van der Waals surface area contributed by atoms with Crippen LogP contribution in [0.1, 0.15) is 11.6 Å². The molecule has 1 aromatic carbocycles. The van der Waals surface area contributed by atoms with Crippen molar-refractivity contribution in [3.63, 3.8) is 0 Å². The smallest absolute Gasteiger partial charge is 0.213 e. The topological polar surface area (TPSA) is 80.3 Å². The van der Waals surface area contributed by atoms with Crippen molar-refractivity contribution in [2.75, 3.05) is 31.3 Å². The number of ether oxygens (including phenoxy) is 1. The number of nitrogens with zero attached hydrogens (tertiary/aromatic N) is 1. The molecule has 1 aromatic heterocycles. The number of sulfonamides is 1. The average molecular weight is 414 g/mol. The van der Waals surface area contributed by atoms with E-state index < -0.39 is 10.0 Å². The van der Waals surface area contributed by atoms with Gasteiger partial charge in [-0.1, -0.05) is 30.3 Å². The van der Waals surface area contributed by atoms with Crippen LogP contribution in [0.2, 0.25) is 0 Å². The monoisotopic (exact) mass is 413 g/mol. The van der Waals surface area contributed by atoms with E-state index in [0.717, 1.165) is 15.7 Å². The molecule has 0 radical (unpaired) electrons. The number of nitrogens with one attached hydrogen (secondary N) is 2. The van der Waals surface area contributed by atoms with E-state index in [9.17, 15) is 8.42 Å². The molecule has 0 saturated heterocycles. The first-order valence-electron chi connectivity index (χ1n) is 7.38. The molecule has 0 saturated carbocycles. The summed E-state index contributed by atoms with van der Waals surface area (Å²) in [5, 5.41) is 3.31. The van der Waals surface area contributed by atoms with Crippen molar-refractivity contribution in [3.05, 3.63) is 58.8 Å². The summed E-state index contributed by atoms with van der Waals surface area (Å²) in [6.45, 7) is 0.386. The highest BCUT2D eigenvalue weighted by molar-refractivity contribution is 9.10. The van der Waals surface area contributed by atoms with Crippen molar-refractivity contribution >= 4 is 31.6 Å². The van der Waals surface area contributed by atoms with E-state index in [0.29, 0.717) is 0 Å². The minimum atomic E-state index is -3.39. The molecule has 6 nitrogen and oxygen atoms in total. The summed E-state index contributed by atoms with van der Waals surface area (Å²) < 4.78 is 32.3. The minimum Gasteiger partial charge on any atom is -0.384 e. The van der Waals surface area contributed by atoms with Crippen LogP contribution in [0.25, 0.3) is 0 Å². The Bertz CT molecular complexity index is 741. The Morgan fingerprint density at radius 1 is 1.25 bits per heavy atom. The number of halogens is 1. The van der Waals surface area contributed by atoms with Crippen LogP contribution in [0.5, 0.6) is 0 Å². The third-order valence-corrected chi connectivity index (χ3v) is 5.06. The molecule has 0 aliphatic carbocycles. The maximum absolute atomic E-state index is 12.0. The Labute approximate surface area is 150 Å². The van der Waals surface area contributed by atoms with E-state index in [4.69, 9.17) is 4.74 Å². The van der Waals surface area contributed by atoms with Crippen molar-refractivity contribution in [3.8, 4) is 0 Å². The SMILES string of the molecule is COCCS(=O)(=O)NC[C@H](Nc1cncc(Br)c1)c1ccccc1. The van der Waals surface area contributed by atoms with E-state index in [-0.39, 0.29) is 24.9 Å². The first-order valence-corrected chi connectivity index (χ1v) is 9.83. The standard InChI is InChI=1S/C16H20BrN3O3S/c1-23-7-8-24(21,22)19-12-16(13-5-3-2-4-6-13)20-15-9-14(17)10-18-11-15/h2-6,9-11,16,19-20H,7-8,12H2,1H3/t16-/m0/s1. The van der Waals surface area contributed by atoms with Crippen molar-refractivity contribution < 1.29 is 13.2 Å². The van der Waals surface area contributed by atoms with Crippen LogP contribution in [0.4, 0.5) is 5.69 Å². The lowest BCUT2D eigenvalue weighted by Gasteiger charge is -2.21. The summed E-state index contributed by atoms with van der Waals surface area (Å²) in [7, 11) is -1.91. The zero-order valence-electron chi connectivity index (χ0n) is 13.3. The zero-order chi connectivity index (χ0) is 17.4. The zero-order valence-corrected chi connectivity index (χ0v) is 15.7. The summed E-state index contributed by atoms with van der Waals surface area (Å²) in [5.74, 6) is -0.0660. The second-order valence-corrected chi connectivity index (χ2v) is 8.00. The Morgan fingerprint density at radius 2 is 2.00 bits per heavy atom. The third kappa shape index (κ3) is 6.20. The minimum absolute atomic E-state index is 0.0660. The van der Waals surface area contributed by atoms with Gasteiger partial charge in [0.2, 0.25) is 10.0 Å². The molecule has 2 N–H and O–H groups in total. The molecule has 0 fully saturated rings. The fourth-order valence-corrected chi connectivity index (χ4v) is 3.42. The quantitative estimate of drug-likeness (QED) is 0.660. The number of pyridine rings is 1. The summed E-state index contributed by atoms with van der Waals surface area (Å²) in [6.07, 6.45) is 3.39. The van der Waals surface area contributed by atoms with Crippen LogP contribution in [-0.4, -0.2) is 39.4 Å². The summed E-state index contributed by atoms with van der Waals surface area (Å²) in [6, 6.07) is 11.3. The predicted molar refractivity (Wildman–Crippen MR) is 98.4 cm³/mol. The number of methoxy groups -OCH3 is 1. The van der Waals surface area contributed by atoms with Gasteiger partial charge in [0.05, 0.1) is 30.3 Å². The van der Waals surface area contributed by atoms with Gasteiger partial charge in [0.1, 0.15) is 0 Å². The highest BCUT2D eigenvalue weighted by atomic mass is 79.9. The normalized spacial score (nSPS) is 12.8. The maximum atomic E-state index is 12.0. The molecule has 0 amide bonds. The van der Waals surface area contributed by atoms with Gasteiger partial charge < -0.3 is 10.1 Å². The maximum Gasteiger partial charge on any atom is 0.213 e. The van der Waals surface area contributed by atoms with Crippen LogP contribution in [0, 0.1) is 0 Å². The van der Waals surface area contributed by atoms with Crippen LogP contribution in [0.3, 0.4) is 0 Å². The molecule has 0 unspecified atom stereocenters. The number of hydrogen-bond donors (Lipinski definition) is 2. The summed E-state index contributed by atoms with van der Waals surface area (Å²) >= 11 is 3.38. The van der Waals surface area contributed by atoms with Gasteiger partial charge in [-0.25, -0.2) is 13.1 Å². The first-order chi connectivity index (χ1) is 11.5. The fourth-order valence-electron chi connectivity index (χ4n) is 2.11. The Kier molecular flexibility index (Phi) is 7.16. The average Bonchev–Trinajstić information content (AvgIpc) is 2.58. The molecule has 2 rings (SSSR count). The number of anilines is 1. The van der Waals surface area contributed by atoms with Crippen molar-refractivity contribution in [1.29, 1.82) is 0 Å². The van der Waals surface area contributed by atoms with Crippen LogP contribution >= 0.6 is 15.9 Å².